The van der Waals surface area contributed by atoms with E-state index in [-0.39, 0.29) is 29.8 Å². The van der Waals surface area contributed by atoms with Gasteiger partial charge in [0.15, 0.2) is 5.96 Å². The van der Waals surface area contributed by atoms with Crippen LogP contribution in [0.1, 0.15) is 17.5 Å². The molecular weight excluding hydrogens is 420 g/mol. The van der Waals surface area contributed by atoms with E-state index in [9.17, 15) is 4.39 Å². The minimum Gasteiger partial charge on any atom is -0.494 e. The Hall–Kier alpha value is -1.83. The van der Waals surface area contributed by atoms with Gasteiger partial charge in [-0.3, -0.25) is 4.99 Å². The molecule has 2 aromatic carbocycles. The zero-order valence-corrected chi connectivity index (χ0v) is 16.2. The summed E-state index contributed by atoms with van der Waals surface area (Å²) in [7, 11) is 0. The molecule has 4 nitrogen and oxygen atoms in total. The number of rotatable bonds is 6. The zero-order chi connectivity index (χ0) is 16.7. The Kier molecular flexibility index (Phi) is 8.53. The summed E-state index contributed by atoms with van der Waals surface area (Å²) in [4.78, 5) is 4.27. The second kappa shape index (κ2) is 10.1. The average Bonchev–Trinajstić information content (AvgIpc) is 2.47. The molecule has 0 saturated carbocycles. The molecule has 0 bridgehead atoms. The first-order chi connectivity index (χ1) is 11.0. The summed E-state index contributed by atoms with van der Waals surface area (Å²) in [5, 5.41) is 3.08. The fraction of sp³-hybridized carbons (Fsp3) is 0.278. The Morgan fingerprint density at radius 2 is 1.75 bits per heavy atom. The average molecular weight is 443 g/mol. The number of benzene rings is 2. The van der Waals surface area contributed by atoms with E-state index in [0.717, 1.165) is 12.1 Å². The topological polar surface area (TPSA) is 59.6 Å². The highest BCUT2D eigenvalue weighted by atomic mass is 127. The van der Waals surface area contributed by atoms with Gasteiger partial charge in [-0.2, -0.15) is 0 Å². The first-order valence-corrected chi connectivity index (χ1v) is 7.56. The van der Waals surface area contributed by atoms with Gasteiger partial charge in [0.2, 0.25) is 0 Å². The van der Waals surface area contributed by atoms with Gasteiger partial charge in [-0.1, -0.05) is 6.07 Å². The van der Waals surface area contributed by atoms with Crippen molar-refractivity contribution in [2.45, 2.75) is 20.3 Å². The Labute approximate surface area is 159 Å². The largest absolute Gasteiger partial charge is 0.494 e. The molecule has 130 valence electrons. The minimum atomic E-state index is -0.271. The zero-order valence-electron chi connectivity index (χ0n) is 13.9. The fourth-order valence-electron chi connectivity index (χ4n) is 2.22. The molecule has 0 radical (unpaired) electrons. The lowest BCUT2D eigenvalue weighted by molar-refractivity contribution is 0.313. The van der Waals surface area contributed by atoms with Crippen molar-refractivity contribution in [2.75, 3.05) is 18.5 Å². The predicted molar refractivity (Wildman–Crippen MR) is 108 cm³/mol. The Morgan fingerprint density at radius 1 is 1.12 bits per heavy atom. The summed E-state index contributed by atoms with van der Waals surface area (Å²) in [6, 6.07) is 12.1. The molecule has 0 saturated heterocycles. The number of guanidine groups is 1. The third kappa shape index (κ3) is 7.16. The van der Waals surface area contributed by atoms with Gasteiger partial charge in [0, 0.05) is 18.7 Å². The Bertz CT molecular complexity index is 654. The van der Waals surface area contributed by atoms with E-state index in [1.54, 1.807) is 12.1 Å². The van der Waals surface area contributed by atoms with E-state index >= 15 is 0 Å². The van der Waals surface area contributed by atoms with Crippen LogP contribution in [0.15, 0.2) is 47.5 Å². The van der Waals surface area contributed by atoms with E-state index in [1.807, 2.05) is 26.0 Å². The summed E-state index contributed by atoms with van der Waals surface area (Å²) < 4.78 is 18.2. The van der Waals surface area contributed by atoms with Crippen LogP contribution in [0.25, 0.3) is 0 Å². The molecule has 6 heteroatoms. The van der Waals surface area contributed by atoms with Gasteiger partial charge < -0.3 is 15.8 Å². The van der Waals surface area contributed by atoms with Gasteiger partial charge in [0.1, 0.15) is 11.6 Å². The number of nitrogens with two attached hydrogens (primary N) is 1. The molecule has 0 spiro atoms. The number of anilines is 1. The van der Waals surface area contributed by atoms with E-state index < -0.39 is 0 Å². The summed E-state index contributed by atoms with van der Waals surface area (Å²) in [6.07, 6.45) is 0.729. The minimum absolute atomic E-state index is 0. The Morgan fingerprint density at radius 3 is 2.38 bits per heavy atom. The molecule has 0 aliphatic heterocycles. The summed E-state index contributed by atoms with van der Waals surface area (Å²) in [5.74, 6) is 0.765. The highest BCUT2D eigenvalue weighted by Gasteiger charge is 1.98. The maximum atomic E-state index is 12.8. The quantitative estimate of drug-likeness (QED) is 0.304. The first-order valence-electron chi connectivity index (χ1n) is 7.56. The summed E-state index contributed by atoms with van der Waals surface area (Å²) in [5.41, 5.74) is 9.16. The highest BCUT2D eigenvalue weighted by molar-refractivity contribution is 14.0. The molecule has 2 aromatic rings. The number of aliphatic imine (C=N–C) groups is 1. The van der Waals surface area contributed by atoms with Gasteiger partial charge in [-0.15, -0.1) is 24.0 Å². The molecule has 0 unspecified atom stereocenters. The number of nitrogens with zero attached hydrogens (tertiary/aromatic N) is 1. The summed E-state index contributed by atoms with van der Waals surface area (Å²) in [6.45, 7) is 5.15. The molecule has 0 heterocycles. The lowest BCUT2D eigenvalue weighted by atomic mass is 10.1. The van der Waals surface area contributed by atoms with Crippen molar-refractivity contribution >= 4 is 35.6 Å². The number of hydrogen-bond donors (Lipinski definition) is 2. The fourth-order valence-corrected chi connectivity index (χ4v) is 2.22. The van der Waals surface area contributed by atoms with Gasteiger partial charge in [0.25, 0.3) is 0 Å². The number of ether oxygens (including phenoxy) is 1. The SMILES string of the molecule is Cc1cc(C)cc(NC(N)=NCCCOc2ccc(F)cc2)c1.I. The standard InChI is InChI=1S/C18H22FN3O.HI/c1-13-10-14(2)12-16(11-13)22-18(20)21-8-3-9-23-17-6-4-15(19)5-7-17;/h4-7,10-12H,3,8-9H2,1-2H3,(H3,20,21,22);1H. The number of hydrogen-bond acceptors (Lipinski definition) is 2. The van der Waals surface area contributed by atoms with E-state index in [0.29, 0.717) is 24.9 Å². The molecule has 24 heavy (non-hydrogen) atoms. The van der Waals surface area contributed by atoms with Crippen molar-refractivity contribution < 1.29 is 9.13 Å². The number of aryl methyl sites for hydroxylation is 2. The van der Waals surface area contributed by atoms with Gasteiger partial charge in [0.05, 0.1) is 6.61 Å². The van der Waals surface area contributed by atoms with Crippen LogP contribution in [0, 0.1) is 19.7 Å². The smallest absolute Gasteiger partial charge is 0.193 e. The predicted octanol–water partition coefficient (Wildman–Crippen LogP) is 4.26. The molecule has 0 aromatic heterocycles. The molecule has 0 atom stereocenters. The lowest BCUT2D eigenvalue weighted by Gasteiger charge is -2.08. The van der Waals surface area contributed by atoms with Gasteiger partial charge >= 0.3 is 0 Å². The van der Waals surface area contributed by atoms with Crippen molar-refractivity contribution in [2.24, 2.45) is 10.7 Å². The highest BCUT2D eigenvalue weighted by Crippen LogP contribution is 2.13. The van der Waals surface area contributed by atoms with Crippen molar-refractivity contribution in [3.63, 3.8) is 0 Å². The molecule has 0 aliphatic rings. The maximum Gasteiger partial charge on any atom is 0.193 e. The van der Waals surface area contributed by atoms with Crippen LogP contribution in [0.5, 0.6) is 5.75 Å². The monoisotopic (exact) mass is 443 g/mol. The van der Waals surface area contributed by atoms with E-state index in [4.69, 9.17) is 10.5 Å². The summed E-state index contributed by atoms with van der Waals surface area (Å²) >= 11 is 0. The van der Waals surface area contributed by atoms with Crippen LogP contribution < -0.4 is 15.8 Å². The molecular formula is C18H23FIN3O. The lowest BCUT2D eigenvalue weighted by Crippen LogP contribution is -2.23. The van der Waals surface area contributed by atoms with Gasteiger partial charge in [-0.05, 0) is 61.4 Å². The van der Waals surface area contributed by atoms with Crippen LogP contribution in [-0.2, 0) is 0 Å². The van der Waals surface area contributed by atoms with Crippen LogP contribution in [0.2, 0.25) is 0 Å². The van der Waals surface area contributed by atoms with Crippen LogP contribution >= 0.6 is 24.0 Å². The third-order valence-corrected chi connectivity index (χ3v) is 3.16. The van der Waals surface area contributed by atoms with E-state index in [2.05, 4.69) is 16.4 Å². The molecule has 0 aliphatic carbocycles. The third-order valence-electron chi connectivity index (χ3n) is 3.16. The second-order valence-corrected chi connectivity index (χ2v) is 5.42. The van der Waals surface area contributed by atoms with Crippen LogP contribution in [-0.4, -0.2) is 19.1 Å². The van der Waals surface area contributed by atoms with Gasteiger partial charge in [-0.25, -0.2) is 4.39 Å². The molecule has 0 fully saturated rings. The normalized spacial score (nSPS) is 10.9. The van der Waals surface area contributed by atoms with Crippen LogP contribution in [0.3, 0.4) is 0 Å². The van der Waals surface area contributed by atoms with Crippen molar-refractivity contribution in [3.05, 3.63) is 59.4 Å². The molecule has 2 rings (SSSR count). The number of nitrogens with one attached hydrogen (secondary N) is 1. The molecule has 0 amide bonds. The van der Waals surface area contributed by atoms with Crippen LogP contribution in [0.4, 0.5) is 10.1 Å². The van der Waals surface area contributed by atoms with E-state index in [1.165, 1.54) is 23.3 Å². The van der Waals surface area contributed by atoms with Crippen molar-refractivity contribution in [1.29, 1.82) is 0 Å². The second-order valence-electron chi connectivity index (χ2n) is 5.42. The van der Waals surface area contributed by atoms with Crippen molar-refractivity contribution in [1.82, 2.24) is 0 Å². The maximum absolute atomic E-state index is 12.8. The Balaban J connectivity index is 0.00000288. The molecule has 3 N–H and O–H groups in total. The first kappa shape index (κ1) is 20.2. The van der Waals surface area contributed by atoms with Crippen molar-refractivity contribution in [3.8, 4) is 5.75 Å². The number of halogens is 2.